The molecule has 0 aromatic rings. The van der Waals surface area contributed by atoms with Gasteiger partial charge in [0.2, 0.25) is 0 Å². The van der Waals surface area contributed by atoms with Crippen molar-refractivity contribution >= 4 is 47.8 Å². The number of hydrogen-bond donors (Lipinski definition) is 0. The molecule has 0 aromatic carbocycles. The van der Waals surface area contributed by atoms with Crippen LogP contribution in [0.5, 0.6) is 0 Å². The van der Waals surface area contributed by atoms with Crippen molar-refractivity contribution in [3.8, 4) is 0 Å². The minimum absolute atomic E-state index is 0.0840. The molecule has 22 aliphatic rings. The van der Waals surface area contributed by atoms with Gasteiger partial charge in [0.1, 0.15) is 28.0 Å². The van der Waals surface area contributed by atoms with Crippen molar-refractivity contribution in [1.29, 1.82) is 0 Å². The SMILES string of the molecule is CCC(C)(C)C(=O)OC1(C2CCC(C)CC2)C2CC3CC(C2)CC1C3.CCC(C)(C)C(=O)OC1(C2CCCC(C)C2)C2CC3CC(C2)CC1C3.CCC(C)(C)C(=O)OCC(=O)OC1(C)C2CC3CC(C2)CC1C3.CCC(C)(C)C(=O)OCC(=O)OC1(CC)C2CC3CC(C2)CC1C3.CCCC1(OC(=O)COC(=O)C(C)(C)CC)C2CC3CC(C2)CC1C3. The van der Waals surface area contributed by atoms with Gasteiger partial charge in [-0.1, -0.05) is 94.4 Å². The molecule has 16 nitrogen and oxygen atoms in total. The largest absolute Gasteiger partial charge is 0.458 e. The summed E-state index contributed by atoms with van der Waals surface area (Å²) in [5, 5.41) is 0. The molecule has 0 aromatic heterocycles. The molecule has 122 heavy (non-hydrogen) atoms. The topological polar surface area (TPSA) is 210 Å². The molecule has 22 aliphatic carbocycles. The minimum Gasteiger partial charge on any atom is -0.458 e. The van der Waals surface area contributed by atoms with Gasteiger partial charge in [0, 0.05) is 0 Å². The summed E-state index contributed by atoms with van der Waals surface area (Å²) in [5.74, 6) is 15.3. The van der Waals surface area contributed by atoms with Crippen LogP contribution in [0.4, 0.5) is 0 Å². The van der Waals surface area contributed by atoms with Crippen molar-refractivity contribution in [2.75, 3.05) is 19.8 Å². The fourth-order valence-electron chi connectivity index (χ4n) is 30.3. The minimum atomic E-state index is -0.552. The highest BCUT2D eigenvalue weighted by Crippen LogP contribution is 2.68. The Kier molecular flexibility index (Phi) is 29.5. The first-order valence-corrected chi connectivity index (χ1v) is 51.2. The zero-order valence-electron chi connectivity index (χ0n) is 80.5. The summed E-state index contributed by atoms with van der Waals surface area (Å²) in [4.78, 5) is 99.7. The van der Waals surface area contributed by atoms with Crippen LogP contribution in [-0.4, -0.2) is 95.6 Å². The van der Waals surface area contributed by atoms with Gasteiger partial charge in [0.15, 0.2) is 19.8 Å². The van der Waals surface area contributed by atoms with Crippen LogP contribution in [0, 0.1) is 169 Å². The number of esters is 8. The van der Waals surface area contributed by atoms with E-state index in [1.165, 1.54) is 212 Å². The fourth-order valence-corrected chi connectivity index (χ4v) is 30.3. The quantitative estimate of drug-likeness (QED) is 0.0582. The number of rotatable bonds is 26. The number of carbonyl (C=O) groups is 8. The zero-order chi connectivity index (χ0) is 88.2. The highest BCUT2D eigenvalue weighted by molar-refractivity contribution is 5.82. The molecule has 20 bridgehead atoms. The van der Waals surface area contributed by atoms with Crippen LogP contribution in [-0.2, 0) is 76.3 Å². The summed E-state index contributed by atoms with van der Waals surface area (Å²) in [6.45, 7) is 39.9. The van der Waals surface area contributed by atoms with Crippen LogP contribution in [0.3, 0.4) is 0 Å². The van der Waals surface area contributed by atoms with Gasteiger partial charge in [0.25, 0.3) is 0 Å². The fraction of sp³-hybridized carbons (Fsp3) is 0.925. The van der Waals surface area contributed by atoms with Gasteiger partial charge in [-0.15, -0.1) is 0 Å². The maximum Gasteiger partial charge on any atom is 0.344 e. The Labute approximate surface area is 738 Å². The van der Waals surface area contributed by atoms with E-state index >= 15 is 0 Å². The molecule has 16 heteroatoms. The third-order valence-electron chi connectivity index (χ3n) is 38.7. The van der Waals surface area contributed by atoms with Crippen LogP contribution in [0.15, 0.2) is 0 Å². The molecule has 692 valence electrons. The Bertz CT molecular complexity index is 3490. The van der Waals surface area contributed by atoms with Crippen molar-refractivity contribution in [2.45, 2.75) is 430 Å². The van der Waals surface area contributed by atoms with E-state index in [-0.39, 0.29) is 106 Å². The number of carbonyl (C=O) groups excluding carboxylic acids is 8. The molecule has 0 aliphatic heterocycles. The molecular weight excluding hydrogens is 1530 g/mol. The maximum absolute atomic E-state index is 13.2. The molecule has 0 spiro atoms. The molecule has 0 N–H and O–H groups in total. The lowest BCUT2D eigenvalue weighted by atomic mass is 9.46. The van der Waals surface area contributed by atoms with Gasteiger partial charge in [-0.05, 0) is 449 Å². The van der Waals surface area contributed by atoms with E-state index in [0.717, 1.165) is 103 Å². The van der Waals surface area contributed by atoms with E-state index in [1.54, 1.807) is 0 Å². The smallest absolute Gasteiger partial charge is 0.344 e. The van der Waals surface area contributed by atoms with Crippen molar-refractivity contribution in [2.24, 2.45) is 169 Å². The molecule has 0 radical (unpaired) electrons. The Balaban J connectivity index is 0.000000131. The van der Waals surface area contributed by atoms with Crippen LogP contribution in [0.25, 0.3) is 0 Å². The molecule has 22 rings (SSSR count). The Hall–Kier alpha value is -4.24. The second-order valence-corrected chi connectivity index (χ2v) is 48.5. The normalized spacial score (nSPS) is 41.0. The lowest BCUT2D eigenvalue weighted by Gasteiger charge is -2.63. The van der Waals surface area contributed by atoms with Gasteiger partial charge in [-0.3, -0.25) is 24.0 Å². The van der Waals surface area contributed by atoms with Crippen LogP contribution in [0.1, 0.15) is 402 Å². The summed E-state index contributed by atoms with van der Waals surface area (Å²) in [7, 11) is 0. The summed E-state index contributed by atoms with van der Waals surface area (Å²) < 4.78 is 47.2. The molecule has 22 saturated carbocycles. The second-order valence-electron chi connectivity index (χ2n) is 48.5. The van der Waals surface area contributed by atoms with Gasteiger partial charge in [0.05, 0.1) is 27.1 Å². The highest BCUT2D eigenvalue weighted by Gasteiger charge is 2.67. The lowest BCUT2D eigenvalue weighted by molar-refractivity contribution is -0.240. The van der Waals surface area contributed by atoms with Crippen molar-refractivity contribution < 1.29 is 76.3 Å². The van der Waals surface area contributed by atoms with E-state index in [0.29, 0.717) is 90.3 Å². The average molecular weight is 1700 g/mol. The molecule has 2 unspecified atom stereocenters. The van der Waals surface area contributed by atoms with E-state index in [1.807, 2.05) is 62.3 Å². The summed E-state index contributed by atoms with van der Waals surface area (Å²) >= 11 is 0. The Morgan fingerprint density at radius 1 is 0.270 bits per heavy atom. The lowest BCUT2D eigenvalue weighted by Crippen LogP contribution is -2.64. The van der Waals surface area contributed by atoms with Crippen LogP contribution >= 0.6 is 0 Å². The van der Waals surface area contributed by atoms with Crippen molar-refractivity contribution in [1.82, 2.24) is 0 Å². The van der Waals surface area contributed by atoms with Gasteiger partial charge < -0.3 is 37.9 Å². The number of hydrogen-bond acceptors (Lipinski definition) is 16. The van der Waals surface area contributed by atoms with Crippen molar-refractivity contribution in [3.63, 3.8) is 0 Å². The van der Waals surface area contributed by atoms with Crippen LogP contribution in [0.2, 0.25) is 0 Å². The van der Waals surface area contributed by atoms with Gasteiger partial charge in [-0.2, -0.15) is 0 Å². The van der Waals surface area contributed by atoms with Crippen molar-refractivity contribution in [3.05, 3.63) is 0 Å². The molecule has 22 fully saturated rings. The van der Waals surface area contributed by atoms with E-state index in [4.69, 9.17) is 37.9 Å². The maximum atomic E-state index is 13.2. The molecule has 0 heterocycles. The molecule has 0 amide bonds. The average Bonchev–Trinajstić information content (AvgIpc) is 0.704. The standard InChI is InChI=1S/2C23H38O2.C21H34O4.C20H32O4.C19H30O4/c1-5-22(3,4)21(24)25-23(18-8-6-15(2)7-9-18)19-11-16-10-17(13-19)14-20(23)12-16;1-5-22(3,4)21(24)25-23(18-8-6-7-15(2)9-18)19-11-16-10-17(13-19)14-20(23)12-16;1-5-7-21(16-9-14-8-15(11-16)12-17(21)10-14)25-18(22)13-24-19(23)20(3,4)6-2;1-5-19(3,4)18(22)23-12-17(21)24-20(6-2)15-8-13-7-14(10-15)11-16(20)9-13;1-5-18(2,3)17(21)22-11-16(20)23-19(4)14-7-12-6-13(9-14)10-15(19)8-12/h2*15-20H,5-14H2,1-4H3;14-17H,5-13H2,1-4H3;13-16H,5-12H2,1-4H3;12-15H,5-11H2,1-4H3. The van der Waals surface area contributed by atoms with Gasteiger partial charge >= 0.3 is 47.8 Å². The molecule has 2 atom stereocenters. The first kappa shape index (κ1) is 95.3. The molecule has 0 saturated heterocycles. The third kappa shape index (κ3) is 19.5. The van der Waals surface area contributed by atoms with E-state index in [9.17, 15) is 38.4 Å². The molecular formula is C106H172O16. The highest BCUT2D eigenvalue weighted by atomic mass is 16.6. The number of ether oxygens (including phenoxy) is 8. The van der Waals surface area contributed by atoms with Gasteiger partial charge in [-0.25, -0.2) is 14.4 Å². The first-order chi connectivity index (χ1) is 57.5. The van der Waals surface area contributed by atoms with Crippen LogP contribution < -0.4 is 0 Å². The monoisotopic (exact) mass is 1700 g/mol. The summed E-state index contributed by atoms with van der Waals surface area (Å²) in [6.07, 6.45) is 49.3. The zero-order valence-corrected chi connectivity index (χ0v) is 80.5. The Morgan fingerprint density at radius 2 is 0.541 bits per heavy atom. The third-order valence-corrected chi connectivity index (χ3v) is 38.7. The summed E-state index contributed by atoms with van der Waals surface area (Å²) in [6, 6.07) is 0. The summed E-state index contributed by atoms with van der Waals surface area (Å²) in [5.41, 5.74) is -3.53. The Morgan fingerprint density at radius 3 is 0.836 bits per heavy atom. The van der Waals surface area contributed by atoms with E-state index < -0.39 is 16.2 Å². The second kappa shape index (κ2) is 37.7. The first-order valence-electron chi connectivity index (χ1n) is 51.2. The van der Waals surface area contributed by atoms with E-state index in [2.05, 4.69) is 76.2 Å². The predicted octanol–water partition coefficient (Wildman–Crippen LogP) is 24.3. The predicted molar refractivity (Wildman–Crippen MR) is 476 cm³/mol.